The van der Waals surface area contributed by atoms with Gasteiger partial charge in [0.15, 0.2) is 0 Å². The van der Waals surface area contributed by atoms with Gasteiger partial charge in [0.05, 0.1) is 11.6 Å². The maximum atomic E-state index is 13.7. The van der Waals surface area contributed by atoms with Gasteiger partial charge in [0.1, 0.15) is 17.2 Å². The first-order valence-corrected chi connectivity index (χ1v) is 14.8. The van der Waals surface area contributed by atoms with Crippen LogP contribution in [0.3, 0.4) is 0 Å². The van der Waals surface area contributed by atoms with Crippen molar-refractivity contribution in [2.24, 2.45) is 4.99 Å². The number of benzene rings is 4. The lowest BCUT2D eigenvalue weighted by atomic mass is 9.77. The maximum absolute atomic E-state index is 13.7. The summed E-state index contributed by atoms with van der Waals surface area (Å²) < 4.78 is 6.84. The van der Waals surface area contributed by atoms with Gasteiger partial charge in [-0.15, -0.1) is 0 Å². The second kappa shape index (κ2) is 10.4. The molecule has 0 aliphatic carbocycles. The molecule has 1 N–H and O–H groups in total. The Morgan fingerprint density at radius 1 is 0.857 bits per heavy atom. The summed E-state index contributed by atoms with van der Waals surface area (Å²) in [4.78, 5) is 25.1. The highest BCUT2D eigenvalue weighted by Crippen LogP contribution is 2.54. The van der Waals surface area contributed by atoms with E-state index in [2.05, 4.69) is 55.0 Å². The number of nitrogens with zero attached hydrogens (tertiary/aromatic N) is 4. The number of hydrogen-bond donors (Lipinski definition) is 1. The van der Waals surface area contributed by atoms with Gasteiger partial charge in [0.25, 0.3) is 5.91 Å². The van der Waals surface area contributed by atoms with Crippen LogP contribution in [-0.2, 0) is 5.41 Å². The average molecular weight is 563 g/mol. The Hall–Kier alpha value is -4.52. The molecule has 0 aromatic heterocycles. The zero-order chi connectivity index (χ0) is 29.6. The normalized spacial score (nSPS) is 20.1. The summed E-state index contributed by atoms with van der Waals surface area (Å²) in [6, 6.07) is 25.4. The Morgan fingerprint density at radius 3 is 2.29 bits per heavy atom. The number of phenolic OH excluding ortho intramolecular Hbond substituents is 1. The number of para-hydroxylation sites is 1. The average Bonchev–Trinajstić information content (AvgIpc) is 3.19. The molecule has 3 aliphatic rings. The summed E-state index contributed by atoms with van der Waals surface area (Å²) in [5.41, 5.74) is 3.79. The molecule has 1 fully saturated rings. The van der Waals surface area contributed by atoms with Crippen molar-refractivity contribution < 1.29 is 14.6 Å². The summed E-state index contributed by atoms with van der Waals surface area (Å²) in [7, 11) is 2.06. The van der Waals surface area contributed by atoms with Gasteiger partial charge in [-0.25, -0.2) is 0 Å². The second-order valence-corrected chi connectivity index (χ2v) is 11.4. The first-order valence-electron chi connectivity index (χ1n) is 14.8. The number of phenols is 1. The van der Waals surface area contributed by atoms with Crippen LogP contribution in [0.25, 0.3) is 10.8 Å². The van der Waals surface area contributed by atoms with Crippen molar-refractivity contribution in [3.8, 4) is 11.5 Å². The molecule has 3 heterocycles. The van der Waals surface area contributed by atoms with E-state index in [1.807, 2.05) is 67.4 Å². The fraction of sp³-hybridized carbons (Fsp3) is 0.314. The van der Waals surface area contributed by atoms with Crippen LogP contribution < -0.4 is 14.5 Å². The molecule has 0 bridgehead atoms. The van der Waals surface area contributed by atoms with Gasteiger partial charge in [-0.05, 0) is 73.3 Å². The van der Waals surface area contributed by atoms with Crippen LogP contribution in [0.1, 0.15) is 43.6 Å². The quantitative estimate of drug-likeness (QED) is 0.293. The third-order valence-electron chi connectivity index (χ3n) is 8.97. The van der Waals surface area contributed by atoms with Crippen molar-refractivity contribution in [2.75, 3.05) is 43.0 Å². The van der Waals surface area contributed by atoms with Crippen LogP contribution in [0.2, 0.25) is 0 Å². The molecule has 0 radical (unpaired) electrons. The molecule has 4 aromatic rings. The Morgan fingerprint density at radius 2 is 1.57 bits per heavy atom. The fourth-order valence-corrected chi connectivity index (χ4v) is 6.60. The van der Waals surface area contributed by atoms with E-state index >= 15 is 0 Å². The number of aromatic hydroxyl groups is 1. The van der Waals surface area contributed by atoms with Crippen LogP contribution in [0.5, 0.6) is 11.5 Å². The molecular weight excluding hydrogens is 524 g/mol. The Balaban J connectivity index is 0.00000155. The molecule has 7 rings (SSSR count). The lowest BCUT2D eigenvalue weighted by molar-refractivity contribution is 0.0748. The highest BCUT2D eigenvalue weighted by molar-refractivity contribution is 6.11. The van der Waals surface area contributed by atoms with Crippen LogP contribution in [0, 0.1) is 0 Å². The minimum absolute atomic E-state index is 0.0280. The number of carbonyl (C=O) groups excluding carboxylic acids is 1. The number of aliphatic imine (C=N–C) groups is 1. The lowest BCUT2D eigenvalue weighted by Crippen LogP contribution is -2.61. The summed E-state index contributed by atoms with van der Waals surface area (Å²) >= 11 is 0. The van der Waals surface area contributed by atoms with E-state index in [1.54, 1.807) is 12.1 Å². The molecule has 0 saturated carbocycles. The van der Waals surface area contributed by atoms with Gasteiger partial charge in [0.2, 0.25) is 5.72 Å². The van der Waals surface area contributed by atoms with Gasteiger partial charge in [-0.2, -0.15) is 0 Å². The van der Waals surface area contributed by atoms with Crippen molar-refractivity contribution in [3.05, 3.63) is 90.0 Å². The highest BCUT2D eigenvalue weighted by Gasteiger charge is 2.58. The number of fused-ring (bicyclic) bond motifs is 4. The molecule has 1 spiro atoms. The third-order valence-corrected chi connectivity index (χ3v) is 8.97. The third kappa shape index (κ3) is 4.10. The molecule has 4 aromatic carbocycles. The standard InChI is InChI=1S/C33H32N4O3.C2H6/c1-32(2)27-9-4-5-10-28(27)35(3)33(32)21-34-30-25-7-6-8-26(24(25)15-16-29(30)40-33)31(39)37-19-17-36(18-20-37)22-11-13-23(38)14-12-22;1-2/h4-16,21,38H,17-20H2,1-3H3;1-2H3. The molecule has 7 heteroatoms. The zero-order valence-corrected chi connectivity index (χ0v) is 25.0. The van der Waals surface area contributed by atoms with Crippen LogP contribution in [0.4, 0.5) is 17.1 Å². The van der Waals surface area contributed by atoms with Crippen molar-refractivity contribution >= 4 is 40.0 Å². The van der Waals surface area contributed by atoms with Gasteiger partial charge < -0.3 is 24.5 Å². The molecule has 1 saturated heterocycles. The van der Waals surface area contributed by atoms with Crippen molar-refractivity contribution in [1.82, 2.24) is 4.90 Å². The Labute approximate surface area is 247 Å². The topological polar surface area (TPSA) is 68.6 Å². The van der Waals surface area contributed by atoms with Gasteiger partial charge in [-0.3, -0.25) is 9.79 Å². The van der Waals surface area contributed by atoms with Crippen molar-refractivity contribution in [2.45, 2.75) is 38.8 Å². The van der Waals surface area contributed by atoms with E-state index in [9.17, 15) is 9.90 Å². The highest BCUT2D eigenvalue weighted by atomic mass is 16.5. The van der Waals surface area contributed by atoms with E-state index in [0.29, 0.717) is 18.7 Å². The molecule has 1 unspecified atom stereocenters. The maximum Gasteiger partial charge on any atom is 0.254 e. The summed E-state index contributed by atoms with van der Waals surface area (Å²) in [5.74, 6) is 1.000. The number of likely N-dealkylation sites (N-methyl/N-ethyl adjacent to an activating group) is 1. The van der Waals surface area contributed by atoms with E-state index < -0.39 is 5.72 Å². The first kappa shape index (κ1) is 27.6. The Kier molecular flexibility index (Phi) is 6.84. The molecule has 7 nitrogen and oxygen atoms in total. The first-order chi connectivity index (χ1) is 20.3. The smallest absolute Gasteiger partial charge is 0.254 e. The molecule has 3 aliphatic heterocycles. The number of carbonyl (C=O) groups is 1. The SMILES string of the molecule is CC.CN1c2ccccc2C(C)(C)C12C=Nc1c(ccc3c(C(=O)N4CCN(c5ccc(O)cc5)CC4)cccc13)O2. The molecular formula is C35H38N4O3. The molecule has 1 atom stereocenters. The molecule has 216 valence electrons. The van der Waals surface area contributed by atoms with Gasteiger partial charge >= 0.3 is 0 Å². The number of rotatable bonds is 2. The minimum atomic E-state index is -0.748. The minimum Gasteiger partial charge on any atom is -0.508 e. The molecule has 1 amide bonds. The summed E-state index contributed by atoms with van der Waals surface area (Å²) in [5, 5.41) is 11.4. The van der Waals surface area contributed by atoms with Crippen LogP contribution in [0.15, 0.2) is 83.9 Å². The van der Waals surface area contributed by atoms with Gasteiger partial charge in [-0.1, -0.05) is 44.2 Å². The Bertz CT molecular complexity index is 1670. The van der Waals surface area contributed by atoms with E-state index in [1.165, 1.54) is 5.56 Å². The van der Waals surface area contributed by atoms with E-state index in [-0.39, 0.29) is 17.1 Å². The van der Waals surface area contributed by atoms with Crippen molar-refractivity contribution in [1.29, 1.82) is 0 Å². The van der Waals surface area contributed by atoms with Crippen LogP contribution >= 0.6 is 0 Å². The fourth-order valence-electron chi connectivity index (χ4n) is 6.60. The summed E-state index contributed by atoms with van der Waals surface area (Å²) in [6.07, 6.45) is 1.94. The monoisotopic (exact) mass is 562 g/mol. The summed E-state index contributed by atoms with van der Waals surface area (Å²) in [6.45, 7) is 11.1. The largest absolute Gasteiger partial charge is 0.508 e. The number of anilines is 2. The number of ether oxygens (including phenoxy) is 1. The van der Waals surface area contributed by atoms with E-state index in [0.717, 1.165) is 46.7 Å². The number of piperazine rings is 1. The van der Waals surface area contributed by atoms with Gasteiger partial charge in [0, 0.05) is 55.6 Å². The predicted octanol–water partition coefficient (Wildman–Crippen LogP) is 6.75. The lowest BCUT2D eigenvalue weighted by Gasteiger charge is -2.45. The van der Waals surface area contributed by atoms with E-state index in [4.69, 9.17) is 9.73 Å². The zero-order valence-electron chi connectivity index (χ0n) is 25.0. The number of hydrogen-bond acceptors (Lipinski definition) is 6. The molecule has 42 heavy (non-hydrogen) atoms. The van der Waals surface area contributed by atoms with Crippen LogP contribution in [-0.4, -0.2) is 61.1 Å². The predicted molar refractivity (Wildman–Crippen MR) is 171 cm³/mol. The second-order valence-electron chi connectivity index (χ2n) is 11.4. The van der Waals surface area contributed by atoms with Crippen molar-refractivity contribution in [3.63, 3.8) is 0 Å². The number of amides is 1.